The van der Waals surface area contributed by atoms with Crippen molar-refractivity contribution in [2.75, 3.05) is 20.8 Å². The van der Waals surface area contributed by atoms with Gasteiger partial charge in [-0.05, 0) is 6.07 Å². The molecule has 0 aliphatic rings. The SMILES string of the molecule is COC(=O)C(Br)CNCc1ccc(OC)cc1F. The predicted octanol–water partition coefficient (Wildman–Crippen LogP) is 1.86. The third-order valence-electron chi connectivity index (χ3n) is 2.36. The third kappa shape index (κ3) is 4.27. The Hall–Kier alpha value is -1.14. The Bertz CT molecular complexity index is 414. The average Bonchev–Trinajstić information content (AvgIpc) is 2.39. The zero-order valence-electron chi connectivity index (χ0n) is 10.2. The first-order valence-corrected chi connectivity index (χ1v) is 6.25. The van der Waals surface area contributed by atoms with E-state index in [9.17, 15) is 9.18 Å². The summed E-state index contributed by atoms with van der Waals surface area (Å²) in [5.41, 5.74) is 0.514. The first-order chi connectivity index (χ1) is 8.58. The smallest absolute Gasteiger partial charge is 0.320 e. The molecule has 6 heteroatoms. The van der Waals surface area contributed by atoms with Crippen LogP contribution in [0.1, 0.15) is 5.56 Å². The Morgan fingerprint density at radius 3 is 2.78 bits per heavy atom. The van der Waals surface area contributed by atoms with E-state index in [0.717, 1.165) is 0 Å². The Morgan fingerprint density at radius 2 is 2.22 bits per heavy atom. The lowest BCUT2D eigenvalue weighted by Crippen LogP contribution is -2.29. The monoisotopic (exact) mass is 319 g/mol. The highest BCUT2D eigenvalue weighted by atomic mass is 79.9. The maximum Gasteiger partial charge on any atom is 0.320 e. The van der Waals surface area contributed by atoms with Crippen LogP contribution in [0.3, 0.4) is 0 Å². The molecule has 1 unspecified atom stereocenters. The van der Waals surface area contributed by atoms with Crippen molar-refractivity contribution in [3.05, 3.63) is 29.6 Å². The zero-order chi connectivity index (χ0) is 13.5. The molecule has 0 saturated heterocycles. The van der Waals surface area contributed by atoms with Crippen molar-refractivity contribution in [2.45, 2.75) is 11.4 Å². The first-order valence-electron chi connectivity index (χ1n) is 5.33. The van der Waals surface area contributed by atoms with E-state index in [1.807, 2.05) is 0 Å². The van der Waals surface area contributed by atoms with Crippen LogP contribution >= 0.6 is 15.9 Å². The van der Waals surface area contributed by atoms with Gasteiger partial charge in [-0.15, -0.1) is 0 Å². The van der Waals surface area contributed by atoms with Crippen molar-refractivity contribution in [2.24, 2.45) is 0 Å². The van der Waals surface area contributed by atoms with Crippen LogP contribution in [-0.4, -0.2) is 31.6 Å². The average molecular weight is 320 g/mol. The van der Waals surface area contributed by atoms with E-state index in [-0.39, 0.29) is 11.8 Å². The molecule has 0 aliphatic carbocycles. The molecule has 1 atom stereocenters. The van der Waals surface area contributed by atoms with Crippen LogP contribution in [-0.2, 0) is 16.1 Å². The molecule has 0 fully saturated rings. The molecular weight excluding hydrogens is 305 g/mol. The van der Waals surface area contributed by atoms with Crippen molar-refractivity contribution in [3.8, 4) is 5.75 Å². The Morgan fingerprint density at radius 1 is 1.50 bits per heavy atom. The molecular formula is C12H15BrFNO3. The second-order valence-electron chi connectivity index (χ2n) is 3.58. The van der Waals surface area contributed by atoms with Gasteiger partial charge in [0, 0.05) is 24.7 Å². The summed E-state index contributed by atoms with van der Waals surface area (Å²) < 4.78 is 23.0. The number of alkyl halides is 1. The van der Waals surface area contributed by atoms with Crippen LogP contribution in [0.15, 0.2) is 18.2 Å². The molecule has 0 spiro atoms. The number of carbonyl (C=O) groups excluding carboxylic acids is 1. The minimum atomic E-state index is -0.441. The molecule has 0 saturated carbocycles. The number of esters is 1. The fraction of sp³-hybridized carbons (Fsp3) is 0.417. The standard InChI is InChI=1S/C12H15BrFNO3/c1-17-9-4-3-8(11(14)5-9)6-15-7-10(13)12(16)18-2/h3-5,10,15H,6-7H2,1-2H3. The highest BCUT2D eigenvalue weighted by Gasteiger charge is 2.14. The molecule has 1 rings (SSSR count). The Balaban J connectivity index is 2.46. The number of ether oxygens (including phenoxy) is 2. The second-order valence-corrected chi connectivity index (χ2v) is 4.68. The van der Waals surface area contributed by atoms with Crippen molar-refractivity contribution in [3.63, 3.8) is 0 Å². The summed E-state index contributed by atoms with van der Waals surface area (Å²) >= 11 is 3.17. The van der Waals surface area contributed by atoms with E-state index in [1.165, 1.54) is 20.3 Å². The quantitative estimate of drug-likeness (QED) is 0.642. The van der Waals surface area contributed by atoms with Gasteiger partial charge in [-0.3, -0.25) is 4.79 Å². The number of hydrogen-bond donors (Lipinski definition) is 1. The maximum absolute atomic E-state index is 13.6. The summed E-state index contributed by atoms with van der Waals surface area (Å²) in [5.74, 6) is -0.229. The fourth-order valence-corrected chi connectivity index (χ4v) is 1.76. The van der Waals surface area contributed by atoms with Crippen LogP contribution in [0.2, 0.25) is 0 Å². The summed E-state index contributed by atoms with van der Waals surface area (Å²) in [7, 11) is 2.80. The first kappa shape index (κ1) is 14.9. The number of benzene rings is 1. The van der Waals surface area contributed by atoms with Gasteiger partial charge in [-0.2, -0.15) is 0 Å². The van der Waals surface area contributed by atoms with E-state index in [4.69, 9.17) is 4.74 Å². The van der Waals surface area contributed by atoms with Crippen molar-refractivity contribution < 1.29 is 18.7 Å². The van der Waals surface area contributed by atoms with E-state index >= 15 is 0 Å². The van der Waals surface area contributed by atoms with Gasteiger partial charge in [-0.1, -0.05) is 22.0 Å². The summed E-state index contributed by atoms with van der Waals surface area (Å²) in [6.45, 7) is 0.688. The zero-order valence-corrected chi connectivity index (χ0v) is 11.8. The maximum atomic E-state index is 13.6. The molecule has 0 amide bonds. The van der Waals surface area contributed by atoms with E-state index < -0.39 is 4.83 Å². The van der Waals surface area contributed by atoms with Crippen LogP contribution in [0.4, 0.5) is 4.39 Å². The van der Waals surface area contributed by atoms with Gasteiger partial charge >= 0.3 is 5.97 Å². The molecule has 100 valence electrons. The van der Waals surface area contributed by atoms with Gasteiger partial charge in [0.25, 0.3) is 0 Å². The fourth-order valence-electron chi connectivity index (χ4n) is 1.34. The minimum Gasteiger partial charge on any atom is -0.497 e. The lowest BCUT2D eigenvalue weighted by atomic mass is 10.2. The predicted molar refractivity (Wildman–Crippen MR) is 69.4 cm³/mol. The van der Waals surface area contributed by atoms with Crippen molar-refractivity contribution in [1.82, 2.24) is 5.32 Å². The molecule has 1 N–H and O–H groups in total. The van der Waals surface area contributed by atoms with Crippen LogP contribution in [0.5, 0.6) is 5.75 Å². The van der Waals surface area contributed by atoms with E-state index in [2.05, 4.69) is 26.0 Å². The summed E-state index contributed by atoms with van der Waals surface area (Å²) in [6, 6.07) is 4.65. The van der Waals surface area contributed by atoms with Gasteiger partial charge in [0.05, 0.1) is 14.2 Å². The number of methoxy groups -OCH3 is 2. The summed E-state index contributed by atoms with van der Waals surface area (Å²) in [4.78, 5) is 10.7. The number of hydrogen-bond acceptors (Lipinski definition) is 4. The highest BCUT2D eigenvalue weighted by Crippen LogP contribution is 2.16. The Labute approximate surface area is 114 Å². The van der Waals surface area contributed by atoms with Gasteiger partial charge in [-0.25, -0.2) is 4.39 Å². The van der Waals surface area contributed by atoms with E-state index in [1.54, 1.807) is 12.1 Å². The molecule has 0 heterocycles. The molecule has 0 bridgehead atoms. The van der Waals surface area contributed by atoms with Gasteiger partial charge in [0.1, 0.15) is 16.4 Å². The van der Waals surface area contributed by atoms with Crippen LogP contribution in [0, 0.1) is 5.82 Å². The van der Waals surface area contributed by atoms with Crippen molar-refractivity contribution >= 4 is 21.9 Å². The summed E-state index contributed by atoms with van der Waals surface area (Å²) in [6.07, 6.45) is 0. The number of rotatable bonds is 6. The Kier molecular flexibility index (Phi) is 6.07. The molecule has 0 radical (unpaired) electrons. The van der Waals surface area contributed by atoms with Gasteiger partial charge < -0.3 is 14.8 Å². The molecule has 0 aliphatic heterocycles. The lowest BCUT2D eigenvalue weighted by molar-refractivity contribution is -0.139. The largest absolute Gasteiger partial charge is 0.497 e. The second kappa shape index (κ2) is 7.33. The van der Waals surface area contributed by atoms with Gasteiger partial charge in [0.15, 0.2) is 0 Å². The minimum absolute atomic E-state index is 0.328. The number of halogens is 2. The van der Waals surface area contributed by atoms with Crippen LogP contribution < -0.4 is 10.1 Å². The molecule has 1 aromatic rings. The number of carbonyl (C=O) groups is 1. The number of nitrogens with one attached hydrogen (secondary N) is 1. The molecule has 18 heavy (non-hydrogen) atoms. The normalized spacial score (nSPS) is 12.0. The lowest BCUT2D eigenvalue weighted by Gasteiger charge is -2.10. The molecule has 0 aromatic heterocycles. The topological polar surface area (TPSA) is 47.6 Å². The van der Waals surface area contributed by atoms with Gasteiger partial charge in [0.2, 0.25) is 0 Å². The third-order valence-corrected chi connectivity index (χ3v) is 3.05. The highest BCUT2D eigenvalue weighted by molar-refractivity contribution is 9.10. The summed E-state index contributed by atoms with van der Waals surface area (Å²) in [5, 5.41) is 2.97. The molecule has 1 aromatic carbocycles. The van der Waals surface area contributed by atoms with E-state index in [0.29, 0.717) is 24.4 Å². The van der Waals surface area contributed by atoms with Crippen LogP contribution in [0.25, 0.3) is 0 Å². The molecule has 4 nitrogen and oxygen atoms in total. The van der Waals surface area contributed by atoms with Crippen molar-refractivity contribution in [1.29, 1.82) is 0 Å².